The van der Waals surface area contributed by atoms with Crippen LogP contribution in [0.25, 0.3) is 0 Å². The first-order valence-corrected chi connectivity index (χ1v) is 11.8. The number of hydrogen-bond acceptors (Lipinski definition) is 4. The van der Waals surface area contributed by atoms with Crippen molar-refractivity contribution in [2.45, 2.75) is 71.2 Å². The molecular weight excluding hydrogens is 318 g/mol. The smallest absolute Gasteiger partial charge is 0.309 e. The molecule has 1 aromatic rings. The molecule has 4 nitrogen and oxygen atoms in total. The van der Waals surface area contributed by atoms with Crippen molar-refractivity contribution in [3.63, 3.8) is 0 Å². The summed E-state index contributed by atoms with van der Waals surface area (Å²) in [5.74, 6) is -0.219. The van der Waals surface area contributed by atoms with Gasteiger partial charge in [0, 0.05) is 6.20 Å². The lowest BCUT2D eigenvalue weighted by molar-refractivity contribution is -0.149. The van der Waals surface area contributed by atoms with E-state index in [0.29, 0.717) is 13.0 Å². The summed E-state index contributed by atoms with van der Waals surface area (Å²) in [6.07, 6.45) is 4.01. The standard InChI is InChI=1S/C19H31NO3Si/c1-7-22-18(21)15-11-10-14-9-8-12-20-17(14)16(13-15)23-24(5,6)19(2,3)4/h8-9,12,15-16H,7,10-11,13H2,1-6H3. The number of ether oxygens (including phenoxy) is 1. The Labute approximate surface area is 147 Å². The fourth-order valence-electron chi connectivity index (χ4n) is 2.88. The molecule has 0 aromatic carbocycles. The summed E-state index contributed by atoms with van der Waals surface area (Å²) in [7, 11) is -1.96. The highest BCUT2D eigenvalue weighted by Crippen LogP contribution is 2.43. The van der Waals surface area contributed by atoms with Gasteiger partial charge in [-0.2, -0.15) is 0 Å². The molecule has 1 heterocycles. The van der Waals surface area contributed by atoms with Crippen LogP contribution in [0.2, 0.25) is 18.1 Å². The van der Waals surface area contributed by atoms with E-state index in [-0.39, 0.29) is 23.0 Å². The van der Waals surface area contributed by atoms with Crippen LogP contribution in [-0.2, 0) is 20.4 Å². The molecule has 0 aliphatic heterocycles. The molecule has 1 aliphatic carbocycles. The van der Waals surface area contributed by atoms with E-state index in [9.17, 15) is 4.79 Å². The number of aryl methyl sites for hydroxylation is 1. The Morgan fingerprint density at radius 1 is 1.38 bits per heavy atom. The van der Waals surface area contributed by atoms with Gasteiger partial charge in [0.25, 0.3) is 0 Å². The molecule has 2 unspecified atom stereocenters. The van der Waals surface area contributed by atoms with Crippen molar-refractivity contribution in [2.24, 2.45) is 5.92 Å². The van der Waals surface area contributed by atoms with Gasteiger partial charge in [-0.25, -0.2) is 0 Å². The second-order valence-electron chi connectivity index (χ2n) is 8.14. The average molecular weight is 350 g/mol. The molecule has 24 heavy (non-hydrogen) atoms. The summed E-state index contributed by atoms with van der Waals surface area (Å²) >= 11 is 0. The molecule has 2 atom stereocenters. The first-order chi connectivity index (χ1) is 11.2. The number of carbonyl (C=O) groups excluding carboxylic acids is 1. The minimum atomic E-state index is -1.96. The fraction of sp³-hybridized carbons (Fsp3) is 0.684. The van der Waals surface area contributed by atoms with Crippen LogP contribution in [0.3, 0.4) is 0 Å². The molecule has 0 amide bonds. The van der Waals surface area contributed by atoms with Gasteiger partial charge in [0.05, 0.1) is 24.3 Å². The fourth-order valence-corrected chi connectivity index (χ4v) is 4.15. The van der Waals surface area contributed by atoms with Gasteiger partial charge < -0.3 is 9.16 Å². The van der Waals surface area contributed by atoms with Crippen LogP contribution in [-0.4, -0.2) is 25.9 Å². The summed E-state index contributed by atoms with van der Waals surface area (Å²) in [4.78, 5) is 16.9. The molecular formula is C19H31NO3Si. The molecule has 0 saturated carbocycles. The van der Waals surface area contributed by atoms with E-state index in [1.54, 1.807) is 0 Å². The van der Waals surface area contributed by atoms with E-state index in [1.807, 2.05) is 19.2 Å². The van der Waals surface area contributed by atoms with Gasteiger partial charge in [-0.3, -0.25) is 9.78 Å². The number of nitrogens with zero attached hydrogens (tertiary/aromatic N) is 1. The lowest BCUT2D eigenvalue weighted by Gasteiger charge is -2.39. The maximum absolute atomic E-state index is 12.3. The summed E-state index contributed by atoms with van der Waals surface area (Å²) in [5.41, 5.74) is 2.21. The molecule has 5 heteroatoms. The molecule has 0 saturated heterocycles. The topological polar surface area (TPSA) is 48.4 Å². The number of fused-ring (bicyclic) bond motifs is 1. The highest BCUT2D eigenvalue weighted by atomic mass is 28.4. The zero-order chi connectivity index (χ0) is 18.0. The molecule has 2 rings (SSSR count). The second-order valence-corrected chi connectivity index (χ2v) is 12.9. The molecule has 0 radical (unpaired) electrons. The van der Waals surface area contributed by atoms with Gasteiger partial charge in [-0.1, -0.05) is 26.8 Å². The van der Waals surface area contributed by atoms with Crippen molar-refractivity contribution in [3.05, 3.63) is 29.6 Å². The molecule has 0 bridgehead atoms. The first-order valence-electron chi connectivity index (χ1n) is 8.94. The van der Waals surface area contributed by atoms with E-state index in [4.69, 9.17) is 9.16 Å². The van der Waals surface area contributed by atoms with Gasteiger partial charge in [-0.05, 0) is 55.9 Å². The van der Waals surface area contributed by atoms with Gasteiger partial charge in [0.2, 0.25) is 0 Å². The van der Waals surface area contributed by atoms with Gasteiger partial charge in [0.1, 0.15) is 0 Å². The number of esters is 1. The summed E-state index contributed by atoms with van der Waals surface area (Å²) in [6, 6.07) is 4.07. The van der Waals surface area contributed by atoms with Crippen LogP contribution in [0.15, 0.2) is 18.3 Å². The third-order valence-corrected chi connectivity index (χ3v) is 9.84. The van der Waals surface area contributed by atoms with E-state index >= 15 is 0 Å². The Morgan fingerprint density at radius 2 is 2.08 bits per heavy atom. The molecule has 1 aromatic heterocycles. The second kappa shape index (κ2) is 7.36. The van der Waals surface area contributed by atoms with Crippen molar-refractivity contribution in [1.82, 2.24) is 4.98 Å². The quantitative estimate of drug-likeness (QED) is 0.450. The lowest BCUT2D eigenvalue weighted by Crippen LogP contribution is -2.42. The Morgan fingerprint density at radius 3 is 2.71 bits per heavy atom. The summed E-state index contributed by atoms with van der Waals surface area (Å²) in [6.45, 7) is 13.5. The monoisotopic (exact) mass is 349 g/mol. The summed E-state index contributed by atoms with van der Waals surface area (Å²) in [5, 5.41) is 0.119. The summed E-state index contributed by atoms with van der Waals surface area (Å²) < 4.78 is 12.0. The normalized spacial score (nSPS) is 21.8. The van der Waals surface area contributed by atoms with Crippen molar-refractivity contribution in [2.75, 3.05) is 6.61 Å². The highest BCUT2D eigenvalue weighted by Gasteiger charge is 2.41. The number of carbonyl (C=O) groups is 1. The van der Waals surface area contributed by atoms with Gasteiger partial charge in [0.15, 0.2) is 8.32 Å². The molecule has 134 valence electrons. The van der Waals surface area contributed by atoms with Crippen LogP contribution in [0.5, 0.6) is 0 Å². The number of rotatable bonds is 4. The van der Waals surface area contributed by atoms with E-state index in [2.05, 4.69) is 44.9 Å². The highest BCUT2D eigenvalue weighted by molar-refractivity contribution is 6.74. The predicted molar refractivity (Wildman–Crippen MR) is 98.3 cm³/mol. The Balaban J connectivity index is 2.31. The molecule has 0 fully saturated rings. The maximum atomic E-state index is 12.3. The van der Waals surface area contributed by atoms with E-state index in [1.165, 1.54) is 5.56 Å². The average Bonchev–Trinajstić information content (AvgIpc) is 2.66. The van der Waals surface area contributed by atoms with Crippen molar-refractivity contribution in [1.29, 1.82) is 0 Å². The van der Waals surface area contributed by atoms with E-state index < -0.39 is 8.32 Å². The minimum Gasteiger partial charge on any atom is -0.466 e. The third-order valence-electron chi connectivity index (χ3n) is 5.35. The number of aromatic nitrogens is 1. The Hall–Kier alpha value is -1.20. The van der Waals surface area contributed by atoms with Crippen molar-refractivity contribution in [3.8, 4) is 0 Å². The zero-order valence-electron chi connectivity index (χ0n) is 15.9. The van der Waals surface area contributed by atoms with Crippen LogP contribution >= 0.6 is 0 Å². The first kappa shape index (κ1) is 19.1. The maximum Gasteiger partial charge on any atom is 0.309 e. The Bertz CT molecular complexity index is 580. The zero-order valence-corrected chi connectivity index (χ0v) is 16.9. The molecule has 0 N–H and O–H groups in total. The van der Waals surface area contributed by atoms with Crippen LogP contribution in [0.1, 0.15) is 57.9 Å². The van der Waals surface area contributed by atoms with Crippen molar-refractivity contribution < 1.29 is 14.0 Å². The van der Waals surface area contributed by atoms with Gasteiger partial charge in [-0.15, -0.1) is 0 Å². The Kier molecular flexibility index (Phi) is 5.86. The molecule has 1 aliphatic rings. The van der Waals surface area contributed by atoms with Gasteiger partial charge >= 0.3 is 5.97 Å². The lowest BCUT2D eigenvalue weighted by atomic mass is 9.99. The SMILES string of the molecule is CCOC(=O)C1CCc2cccnc2C(O[Si](C)(C)C(C)(C)C)C1. The van der Waals surface area contributed by atoms with E-state index in [0.717, 1.165) is 18.5 Å². The van der Waals surface area contributed by atoms with Crippen LogP contribution in [0, 0.1) is 5.92 Å². The minimum absolute atomic E-state index is 0.103. The predicted octanol–water partition coefficient (Wildman–Crippen LogP) is 4.66. The number of pyridine rings is 1. The third kappa shape index (κ3) is 4.25. The number of hydrogen-bond donors (Lipinski definition) is 0. The van der Waals surface area contributed by atoms with Crippen molar-refractivity contribution >= 4 is 14.3 Å². The molecule has 0 spiro atoms. The van der Waals surface area contributed by atoms with Crippen LogP contribution in [0.4, 0.5) is 0 Å². The largest absolute Gasteiger partial charge is 0.466 e. The van der Waals surface area contributed by atoms with Crippen LogP contribution < -0.4 is 0 Å².